The maximum atomic E-state index is 13.0. The second-order valence-electron chi connectivity index (χ2n) is 4.27. The van der Waals surface area contributed by atoms with E-state index in [1.807, 2.05) is 20.8 Å². The molecule has 0 aliphatic rings. The third-order valence-electron chi connectivity index (χ3n) is 2.45. The van der Waals surface area contributed by atoms with Gasteiger partial charge in [0.2, 0.25) is 0 Å². The lowest BCUT2D eigenvalue weighted by Gasteiger charge is -2.15. The van der Waals surface area contributed by atoms with Crippen molar-refractivity contribution in [2.45, 2.75) is 32.9 Å². The quantitative estimate of drug-likeness (QED) is 0.775. The van der Waals surface area contributed by atoms with Crippen LogP contribution in [0.4, 0.5) is 8.78 Å². The summed E-state index contributed by atoms with van der Waals surface area (Å²) in [5, 5.41) is 3.19. The van der Waals surface area contributed by atoms with Gasteiger partial charge in [0, 0.05) is 12.6 Å². The van der Waals surface area contributed by atoms with E-state index in [2.05, 4.69) is 5.32 Å². The van der Waals surface area contributed by atoms with Crippen molar-refractivity contribution < 1.29 is 13.5 Å². The molecule has 1 aromatic rings. The third-order valence-corrected chi connectivity index (χ3v) is 2.45. The smallest absolute Gasteiger partial charge is 0.159 e. The molecule has 4 heteroatoms. The van der Waals surface area contributed by atoms with E-state index in [1.54, 1.807) is 6.07 Å². The Hall–Kier alpha value is -1.00. The van der Waals surface area contributed by atoms with Gasteiger partial charge in [0.05, 0.1) is 12.7 Å². The highest BCUT2D eigenvalue weighted by atomic mass is 19.2. The van der Waals surface area contributed by atoms with Gasteiger partial charge in [-0.2, -0.15) is 0 Å². The first kappa shape index (κ1) is 14.1. The highest BCUT2D eigenvalue weighted by Gasteiger charge is 2.08. The van der Waals surface area contributed by atoms with Crippen LogP contribution in [0.2, 0.25) is 0 Å². The average molecular weight is 243 g/mol. The molecule has 1 N–H and O–H groups in total. The maximum Gasteiger partial charge on any atom is 0.159 e. The van der Waals surface area contributed by atoms with Crippen molar-refractivity contribution in [3.8, 4) is 0 Å². The predicted octanol–water partition coefficient (Wildman–Crippen LogP) is 3.04. The molecule has 0 spiro atoms. The zero-order chi connectivity index (χ0) is 12.8. The van der Waals surface area contributed by atoms with Gasteiger partial charge in [0.25, 0.3) is 0 Å². The summed E-state index contributed by atoms with van der Waals surface area (Å²) >= 11 is 0. The second-order valence-corrected chi connectivity index (χ2v) is 4.27. The van der Waals surface area contributed by atoms with E-state index in [0.29, 0.717) is 13.2 Å². The SMILES string of the molecule is CC(C)OCCNC(C)c1ccc(F)c(F)c1. The first-order valence-corrected chi connectivity index (χ1v) is 5.80. The summed E-state index contributed by atoms with van der Waals surface area (Å²) in [6.07, 6.45) is 0.204. The van der Waals surface area contributed by atoms with Crippen LogP contribution in [-0.2, 0) is 4.74 Å². The van der Waals surface area contributed by atoms with E-state index in [4.69, 9.17) is 4.74 Å². The van der Waals surface area contributed by atoms with E-state index in [9.17, 15) is 8.78 Å². The van der Waals surface area contributed by atoms with Gasteiger partial charge in [-0.15, -0.1) is 0 Å². The zero-order valence-corrected chi connectivity index (χ0v) is 10.5. The number of rotatable bonds is 6. The molecular formula is C13H19F2NO. The molecule has 96 valence electrons. The van der Waals surface area contributed by atoms with Gasteiger partial charge in [0.15, 0.2) is 11.6 Å². The molecule has 0 aromatic heterocycles. The third kappa shape index (κ3) is 4.79. The minimum atomic E-state index is -0.816. The van der Waals surface area contributed by atoms with E-state index in [1.165, 1.54) is 6.07 Å². The molecule has 2 nitrogen and oxygen atoms in total. The van der Waals surface area contributed by atoms with Crippen molar-refractivity contribution in [1.29, 1.82) is 0 Å². The molecule has 0 aliphatic heterocycles. The van der Waals surface area contributed by atoms with Crippen LogP contribution in [0.25, 0.3) is 0 Å². The molecule has 0 heterocycles. The topological polar surface area (TPSA) is 21.3 Å². The normalized spacial score (nSPS) is 13.1. The molecule has 1 atom stereocenters. The number of nitrogens with one attached hydrogen (secondary N) is 1. The summed E-state index contributed by atoms with van der Waals surface area (Å²) in [6.45, 7) is 7.13. The molecular weight excluding hydrogens is 224 g/mol. The molecule has 0 amide bonds. The fourth-order valence-corrected chi connectivity index (χ4v) is 1.47. The lowest BCUT2D eigenvalue weighted by atomic mass is 10.1. The Balaban J connectivity index is 2.41. The molecule has 0 bridgehead atoms. The van der Waals surface area contributed by atoms with Gasteiger partial charge >= 0.3 is 0 Å². The second kappa shape index (κ2) is 6.67. The highest BCUT2D eigenvalue weighted by Crippen LogP contribution is 2.15. The van der Waals surface area contributed by atoms with Crippen molar-refractivity contribution in [3.05, 3.63) is 35.4 Å². The van der Waals surface area contributed by atoms with Crippen molar-refractivity contribution in [2.24, 2.45) is 0 Å². The van der Waals surface area contributed by atoms with E-state index < -0.39 is 11.6 Å². The maximum absolute atomic E-state index is 13.0. The average Bonchev–Trinajstić information content (AvgIpc) is 2.27. The molecule has 17 heavy (non-hydrogen) atoms. The highest BCUT2D eigenvalue weighted by molar-refractivity contribution is 5.20. The largest absolute Gasteiger partial charge is 0.377 e. The van der Waals surface area contributed by atoms with Crippen molar-refractivity contribution >= 4 is 0 Å². The van der Waals surface area contributed by atoms with Gasteiger partial charge < -0.3 is 10.1 Å². The molecule has 0 aliphatic carbocycles. The summed E-state index contributed by atoms with van der Waals surface area (Å²) in [7, 11) is 0. The molecule has 0 radical (unpaired) electrons. The number of hydrogen-bond donors (Lipinski definition) is 1. The van der Waals surface area contributed by atoms with Gasteiger partial charge in [0.1, 0.15) is 0 Å². The molecule has 0 fully saturated rings. The van der Waals surface area contributed by atoms with Crippen molar-refractivity contribution in [1.82, 2.24) is 5.32 Å². The Kier molecular flexibility index (Phi) is 5.51. The summed E-state index contributed by atoms with van der Waals surface area (Å²) in [6, 6.07) is 3.92. The summed E-state index contributed by atoms with van der Waals surface area (Å²) in [4.78, 5) is 0. The lowest BCUT2D eigenvalue weighted by molar-refractivity contribution is 0.0796. The van der Waals surface area contributed by atoms with Crippen LogP contribution in [0.3, 0.4) is 0 Å². The number of benzene rings is 1. The molecule has 1 rings (SSSR count). The zero-order valence-electron chi connectivity index (χ0n) is 10.5. The minimum absolute atomic E-state index is 0.0270. The molecule has 1 aromatic carbocycles. The van der Waals surface area contributed by atoms with Crippen LogP contribution >= 0.6 is 0 Å². The van der Waals surface area contributed by atoms with Gasteiger partial charge in [-0.25, -0.2) is 8.78 Å². The van der Waals surface area contributed by atoms with E-state index in [-0.39, 0.29) is 12.1 Å². The first-order valence-electron chi connectivity index (χ1n) is 5.80. The minimum Gasteiger partial charge on any atom is -0.377 e. The summed E-state index contributed by atoms with van der Waals surface area (Å²) in [5.74, 6) is -1.63. The Morgan fingerprint density at radius 1 is 1.18 bits per heavy atom. The standard InChI is InChI=1S/C13H19F2NO/c1-9(2)17-7-6-16-10(3)11-4-5-12(14)13(15)8-11/h4-5,8-10,16H,6-7H2,1-3H3. The summed E-state index contributed by atoms with van der Waals surface area (Å²) < 4.78 is 31.1. The van der Waals surface area contributed by atoms with Gasteiger partial charge in [-0.3, -0.25) is 0 Å². The number of hydrogen-bond acceptors (Lipinski definition) is 2. The molecule has 0 saturated carbocycles. The Labute approximate surface area is 101 Å². The number of ether oxygens (including phenoxy) is 1. The van der Waals surface area contributed by atoms with Crippen molar-refractivity contribution in [3.63, 3.8) is 0 Å². The van der Waals surface area contributed by atoms with Crippen LogP contribution in [0, 0.1) is 11.6 Å². The van der Waals surface area contributed by atoms with Crippen LogP contribution in [-0.4, -0.2) is 19.3 Å². The fraction of sp³-hybridized carbons (Fsp3) is 0.538. The Bertz CT molecular complexity index is 355. The fourth-order valence-electron chi connectivity index (χ4n) is 1.47. The van der Waals surface area contributed by atoms with Crippen LogP contribution < -0.4 is 5.32 Å². The van der Waals surface area contributed by atoms with Crippen molar-refractivity contribution in [2.75, 3.05) is 13.2 Å². The predicted molar refractivity (Wildman–Crippen MR) is 63.9 cm³/mol. The van der Waals surface area contributed by atoms with Gasteiger partial charge in [-0.1, -0.05) is 6.07 Å². The Morgan fingerprint density at radius 3 is 2.47 bits per heavy atom. The van der Waals surface area contributed by atoms with E-state index >= 15 is 0 Å². The van der Waals surface area contributed by atoms with E-state index in [0.717, 1.165) is 11.6 Å². The van der Waals surface area contributed by atoms with Gasteiger partial charge in [-0.05, 0) is 38.5 Å². The number of halogens is 2. The first-order chi connectivity index (χ1) is 8.00. The Morgan fingerprint density at radius 2 is 1.88 bits per heavy atom. The van der Waals surface area contributed by atoms with Crippen LogP contribution in [0.5, 0.6) is 0 Å². The van der Waals surface area contributed by atoms with Crippen LogP contribution in [0.1, 0.15) is 32.4 Å². The molecule has 1 unspecified atom stereocenters. The lowest BCUT2D eigenvalue weighted by Crippen LogP contribution is -2.24. The van der Waals surface area contributed by atoms with Crippen LogP contribution in [0.15, 0.2) is 18.2 Å². The summed E-state index contributed by atoms with van der Waals surface area (Å²) in [5.41, 5.74) is 0.730. The molecule has 0 saturated heterocycles. The monoisotopic (exact) mass is 243 g/mol.